The average molecular weight is 778 g/mol. The van der Waals surface area contributed by atoms with Crippen molar-refractivity contribution in [3.8, 4) is 11.8 Å². The third-order valence-corrected chi connectivity index (χ3v) is 10.7. The molecule has 13 heteroatoms. The number of carbonyl (C=O) groups is 2. The number of fused-ring (bicyclic) bond motifs is 1. The van der Waals surface area contributed by atoms with E-state index in [1.807, 2.05) is 63.3 Å². The Morgan fingerprint density at radius 3 is 2.55 bits per heavy atom. The SMILES string of the molecule is CC[C@H]1OC(=O)C[C@@H](O)[C@H](C)[C@@H](O[C@@H]2O[C@H](C)[C@@H](O)[C@H](N(C)C)[C@H]2O)[C@@H](CC=O)C[C@@H](C)C(=N/OCC#Cc2cnc3ccccc3c2)/C=C/C(C)=C/C1CO. The number of rotatable bonds is 9. The Balaban J connectivity index is 1.70. The highest BCUT2D eigenvalue weighted by molar-refractivity contribution is 5.96. The number of aldehydes is 1. The molecule has 4 N–H and O–H groups in total. The van der Waals surface area contributed by atoms with Gasteiger partial charge in [-0.2, -0.15) is 0 Å². The van der Waals surface area contributed by atoms with Gasteiger partial charge in [-0.1, -0.05) is 73.7 Å². The average Bonchev–Trinajstić information content (AvgIpc) is 3.17. The van der Waals surface area contributed by atoms with Gasteiger partial charge in [-0.25, -0.2) is 0 Å². The van der Waals surface area contributed by atoms with Gasteiger partial charge in [0, 0.05) is 41.3 Å². The number of aliphatic hydroxyl groups is 4. The summed E-state index contributed by atoms with van der Waals surface area (Å²) in [5, 5.41) is 49.5. The Bertz CT molecular complexity index is 1750. The number of hydrogen-bond acceptors (Lipinski definition) is 13. The van der Waals surface area contributed by atoms with Crippen LogP contribution in [0, 0.1) is 35.5 Å². The molecule has 56 heavy (non-hydrogen) atoms. The first-order valence-corrected chi connectivity index (χ1v) is 19.4. The fourth-order valence-electron chi connectivity index (χ4n) is 7.47. The first-order valence-electron chi connectivity index (χ1n) is 19.4. The number of benzene rings is 1. The monoisotopic (exact) mass is 777 g/mol. The van der Waals surface area contributed by atoms with E-state index >= 15 is 0 Å². The van der Waals surface area contributed by atoms with Gasteiger partial charge in [0.2, 0.25) is 0 Å². The summed E-state index contributed by atoms with van der Waals surface area (Å²) in [6.45, 7) is 8.76. The number of oxime groups is 1. The lowest BCUT2D eigenvalue weighted by molar-refractivity contribution is -0.304. The predicted molar refractivity (Wildman–Crippen MR) is 212 cm³/mol. The maximum absolute atomic E-state index is 13.2. The molecular formula is C43H59N3O10. The zero-order valence-electron chi connectivity index (χ0n) is 33.5. The molecule has 0 saturated carbocycles. The van der Waals surface area contributed by atoms with Crippen molar-refractivity contribution in [3.05, 3.63) is 65.9 Å². The van der Waals surface area contributed by atoms with Gasteiger partial charge < -0.3 is 49.2 Å². The van der Waals surface area contributed by atoms with Gasteiger partial charge in [-0.3, -0.25) is 9.78 Å². The number of para-hydroxylation sites is 1. The minimum absolute atomic E-state index is 0.0114. The molecule has 0 aliphatic carbocycles. The van der Waals surface area contributed by atoms with Crippen LogP contribution in [0.1, 0.15) is 65.9 Å². The Hall–Kier alpha value is -4.00. The highest BCUT2D eigenvalue weighted by atomic mass is 16.7. The van der Waals surface area contributed by atoms with Crippen LogP contribution in [-0.4, -0.2) is 125 Å². The second-order valence-electron chi connectivity index (χ2n) is 15.2. The first kappa shape index (κ1) is 44.7. The first-order chi connectivity index (χ1) is 26.8. The largest absolute Gasteiger partial charge is 0.462 e. The van der Waals surface area contributed by atoms with Gasteiger partial charge in [0.25, 0.3) is 0 Å². The van der Waals surface area contributed by atoms with Crippen LogP contribution >= 0.6 is 0 Å². The summed E-state index contributed by atoms with van der Waals surface area (Å²) in [6.07, 6.45) is 1.29. The van der Waals surface area contributed by atoms with Crippen molar-refractivity contribution in [2.75, 3.05) is 27.3 Å². The molecule has 0 amide bonds. The fourth-order valence-corrected chi connectivity index (χ4v) is 7.47. The smallest absolute Gasteiger partial charge is 0.308 e. The molecule has 3 heterocycles. The van der Waals surface area contributed by atoms with E-state index in [2.05, 4.69) is 22.0 Å². The van der Waals surface area contributed by atoms with Crippen LogP contribution in [0.2, 0.25) is 0 Å². The summed E-state index contributed by atoms with van der Waals surface area (Å²) in [7, 11) is 3.47. The summed E-state index contributed by atoms with van der Waals surface area (Å²) in [5.74, 6) is 3.26. The van der Waals surface area contributed by atoms with E-state index in [1.54, 1.807) is 45.1 Å². The lowest BCUT2D eigenvalue weighted by Gasteiger charge is -2.46. The standard InChI is InChI=1S/C43H59N3O10/c1-8-37-33(25-48)20-26(2)15-16-34(45-53-19-11-12-30-22-31-13-9-10-14-35(31)44-24-30)27(3)21-32(17-18-47)42(28(4)36(49)23-38(50)55-37)56-43-41(52)39(46(6)7)40(51)29(5)54-43/h9-10,13-16,18,20,22,24,27-29,32-33,36-37,39-43,48-49,51-52H,8,17,19,21,23,25H2,1-7H3/b16-15+,26-20+,45-34+/t27-,28+,29-,32+,33?,36-,37-,39+,40-,41-,42-,43+/m1/s1. The summed E-state index contributed by atoms with van der Waals surface area (Å²) in [5.41, 5.74) is 2.93. The summed E-state index contributed by atoms with van der Waals surface area (Å²) in [4.78, 5) is 37.4. The van der Waals surface area contributed by atoms with Crippen molar-refractivity contribution in [2.24, 2.45) is 28.8 Å². The lowest BCUT2D eigenvalue weighted by Crippen LogP contribution is -2.63. The number of hydrogen-bond donors (Lipinski definition) is 4. The van der Waals surface area contributed by atoms with E-state index in [0.29, 0.717) is 18.6 Å². The van der Waals surface area contributed by atoms with Crippen LogP contribution in [0.4, 0.5) is 0 Å². The van der Waals surface area contributed by atoms with E-state index in [4.69, 9.17) is 19.0 Å². The minimum Gasteiger partial charge on any atom is -0.462 e. The minimum atomic E-state index is -1.28. The number of aromatic nitrogens is 1. The summed E-state index contributed by atoms with van der Waals surface area (Å²) >= 11 is 0. The van der Waals surface area contributed by atoms with Gasteiger partial charge >= 0.3 is 5.97 Å². The Labute approximate surface area is 330 Å². The van der Waals surface area contributed by atoms with Crippen LogP contribution in [0.15, 0.2) is 65.5 Å². The predicted octanol–water partition coefficient (Wildman–Crippen LogP) is 3.81. The quantitative estimate of drug-likeness (QED) is 0.0953. The van der Waals surface area contributed by atoms with Crippen molar-refractivity contribution >= 4 is 28.9 Å². The Kier molecular flexibility index (Phi) is 17.2. The van der Waals surface area contributed by atoms with Crippen LogP contribution in [0.5, 0.6) is 0 Å². The summed E-state index contributed by atoms with van der Waals surface area (Å²) in [6, 6.07) is 9.01. The second kappa shape index (κ2) is 21.5. The van der Waals surface area contributed by atoms with Crippen molar-refractivity contribution < 1.29 is 49.1 Å². The van der Waals surface area contributed by atoms with Gasteiger partial charge in [-0.15, -0.1) is 0 Å². The van der Waals surface area contributed by atoms with Crippen molar-refractivity contribution in [2.45, 2.75) is 109 Å². The molecule has 2 aromatic rings. The topological polar surface area (TPSA) is 180 Å². The van der Waals surface area contributed by atoms with E-state index < -0.39 is 72.7 Å². The second-order valence-corrected chi connectivity index (χ2v) is 15.2. The van der Waals surface area contributed by atoms with E-state index in [0.717, 1.165) is 28.3 Å². The maximum Gasteiger partial charge on any atom is 0.308 e. The van der Waals surface area contributed by atoms with Crippen molar-refractivity contribution in [1.29, 1.82) is 0 Å². The number of ether oxygens (including phenoxy) is 3. The van der Waals surface area contributed by atoms with Crippen LogP contribution in [0.25, 0.3) is 10.9 Å². The molecule has 2 aliphatic heterocycles. The third-order valence-electron chi connectivity index (χ3n) is 10.7. The highest BCUT2D eigenvalue weighted by Gasteiger charge is 2.47. The number of aliphatic hydroxyl groups excluding tert-OH is 4. The molecule has 1 fully saturated rings. The van der Waals surface area contributed by atoms with E-state index in [1.165, 1.54) is 0 Å². The van der Waals surface area contributed by atoms with Crippen LogP contribution < -0.4 is 0 Å². The lowest BCUT2D eigenvalue weighted by atomic mass is 9.79. The van der Waals surface area contributed by atoms with Crippen LogP contribution in [-0.2, 0) is 28.6 Å². The number of nitrogens with zero attached hydrogens (tertiary/aromatic N) is 3. The van der Waals surface area contributed by atoms with Gasteiger partial charge in [-0.05, 0) is 64.9 Å². The number of likely N-dealkylation sites (N-methyl/N-ethyl adjacent to an activating group) is 1. The maximum atomic E-state index is 13.2. The number of esters is 1. The third kappa shape index (κ3) is 12.0. The molecule has 12 atom stereocenters. The number of allylic oxidation sites excluding steroid dienone is 3. The molecule has 4 rings (SSSR count). The van der Waals surface area contributed by atoms with E-state index in [-0.39, 0.29) is 32.0 Å². The molecular weight excluding hydrogens is 718 g/mol. The van der Waals surface area contributed by atoms with Crippen molar-refractivity contribution in [1.82, 2.24) is 9.88 Å². The Morgan fingerprint density at radius 2 is 1.86 bits per heavy atom. The number of pyridine rings is 1. The molecule has 0 spiro atoms. The zero-order valence-corrected chi connectivity index (χ0v) is 33.5. The molecule has 2 aliphatic rings. The molecule has 306 valence electrons. The molecule has 1 unspecified atom stereocenters. The van der Waals surface area contributed by atoms with Crippen molar-refractivity contribution in [3.63, 3.8) is 0 Å². The highest BCUT2D eigenvalue weighted by Crippen LogP contribution is 2.34. The molecule has 0 bridgehead atoms. The van der Waals surface area contributed by atoms with Gasteiger partial charge in [0.15, 0.2) is 12.9 Å². The molecule has 1 aromatic heterocycles. The normalized spacial score (nSPS) is 34.5. The number of cyclic esters (lactones) is 1. The zero-order chi connectivity index (χ0) is 40.9. The van der Waals surface area contributed by atoms with Gasteiger partial charge in [0.1, 0.15) is 18.5 Å². The molecule has 0 radical (unpaired) electrons. The van der Waals surface area contributed by atoms with E-state index in [9.17, 15) is 30.0 Å². The van der Waals surface area contributed by atoms with Gasteiger partial charge in [0.05, 0.1) is 54.7 Å². The Morgan fingerprint density at radius 1 is 1.11 bits per heavy atom. The number of carbonyl (C=O) groups excluding carboxylic acids is 2. The van der Waals surface area contributed by atoms with Crippen LogP contribution in [0.3, 0.4) is 0 Å². The molecule has 1 saturated heterocycles. The fraction of sp³-hybridized carbons (Fsp3) is 0.581. The molecule has 13 nitrogen and oxygen atoms in total. The molecule has 1 aromatic carbocycles. The summed E-state index contributed by atoms with van der Waals surface area (Å²) < 4.78 is 18.3.